The van der Waals surface area contributed by atoms with Gasteiger partial charge in [0.15, 0.2) is 20.5 Å². The minimum Gasteiger partial charge on any atom is -0.347 e. The number of rotatable bonds is 3. The van der Waals surface area contributed by atoms with Gasteiger partial charge in [-0.25, -0.2) is 0 Å². The molecule has 4 nitrogen and oxygen atoms in total. The lowest BCUT2D eigenvalue weighted by Gasteiger charge is -2.10. The Hall–Kier alpha value is -0.830. The van der Waals surface area contributed by atoms with E-state index in [0.717, 1.165) is 0 Å². The Morgan fingerprint density at radius 2 is 2.06 bits per heavy atom. The van der Waals surface area contributed by atoms with Crippen LogP contribution in [0.1, 0.15) is 6.42 Å². The van der Waals surface area contributed by atoms with Gasteiger partial charge in [0.2, 0.25) is 0 Å². The molecule has 2 rings (SSSR count). The van der Waals surface area contributed by atoms with E-state index in [9.17, 15) is 9.36 Å². The zero-order valence-electron chi connectivity index (χ0n) is 8.80. The maximum atomic E-state index is 11.7. The van der Waals surface area contributed by atoms with Gasteiger partial charge in [0.05, 0.1) is 18.9 Å². The fourth-order valence-electron chi connectivity index (χ4n) is 2.04. The summed E-state index contributed by atoms with van der Waals surface area (Å²) in [6.07, 6.45) is 3.22. The molecule has 16 heavy (non-hydrogen) atoms. The molecule has 1 saturated carbocycles. The maximum Gasteiger partial charge on any atom is 0.177 e. The number of ketones is 1. The van der Waals surface area contributed by atoms with Crippen molar-refractivity contribution < 1.29 is 18.8 Å². The normalized spacial score (nSPS) is 34.0. The largest absolute Gasteiger partial charge is 0.347 e. The van der Waals surface area contributed by atoms with Crippen molar-refractivity contribution in [3.05, 3.63) is 24.3 Å². The molecule has 0 spiro atoms. The van der Waals surface area contributed by atoms with Crippen LogP contribution in [0, 0.1) is 5.92 Å². The van der Waals surface area contributed by atoms with Crippen molar-refractivity contribution in [1.29, 1.82) is 0 Å². The molecule has 0 bridgehead atoms. The first-order valence-corrected chi connectivity index (χ1v) is 6.07. The highest BCUT2D eigenvalue weighted by molar-refractivity contribution is 7.25. The quantitative estimate of drug-likeness (QED) is 0.428. The van der Waals surface area contributed by atoms with Gasteiger partial charge in [0.25, 0.3) is 0 Å². The molecule has 0 aromatic carbocycles. The van der Waals surface area contributed by atoms with Crippen LogP contribution >= 0.6 is 8.46 Å². The highest BCUT2D eigenvalue weighted by atomic mass is 31.1. The Morgan fingerprint density at radius 3 is 2.62 bits per heavy atom. The van der Waals surface area contributed by atoms with Crippen molar-refractivity contribution in [2.45, 2.75) is 18.4 Å². The van der Waals surface area contributed by atoms with Gasteiger partial charge in [-0.3, -0.25) is 9.36 Å². The molecule has 0 amide bonds. The summed E-state index contributed by atoms with van der Waals surface area (Å²) in [6, 6.07) is 0. The molecule has 1 heterocycles. The van der Waals surface area contributed by atoms with E-state index < -0.39 is 6.29 Å². The van der Waals surface area contributed by atoms with E-state index in [0.29, 0.717) is 25.2 Å². The van der Waals surface area contributed by atoms with Gasteiger partial charge in [-0.15, -0.1) is 6.58 Å². The summed E-state index contributed by atoms with van der Waals surface area (Å²) in [5.41, 5.74) is 0.438. The molecule has 1 saturated heterocycles. The van der Waals surface area contributed by atoms with Gasteiger partial charge >= 0.3 is 0 Å². The maximum absolute atomic E-state index is 11.7. The van der Waals surface area contributed by atoms with Crippen LogP contribution in [0.5, 0.6) is 0 Å². The van der Waals surface area contributed by atoms with Crippen LogP contribution in [-0.2, 0) is 18.8 Å². The predicted molar refractivity (Wildman–Crippen MR) is 58.5 cm³/mol. The van der Waals surface area contributed by atoms with E-state index in [-0.39, 0.29) is 25.8 Å². The van der Waals surface area contributed by atoms with Crippen molar-refractivity contribution >= 4 is 14.2 Å². The molecule has 2 aliphatic rings. The van der Waals surface area contributed by atoms with Crippen LogP contribution in [0.2, 0.25) is 0 Å². The molecule has 0 aromatic heterocycles. The molecular formula is C11H13O4P. The van der Waals surface area contributed by atoms with Crippen molar-refractivity contribution in [2.24, 2.45) is 5.92 Å². The Kier molecular flexibility index (Phi) is 3.64. The molecule has 0 N–H and O–H groups in total. The van der Waals surface area contributed by atoms with Gasteiger partial charge in [0.1, 0.15) is 0 Å². The summed E-state index contributed by atoms with van der Waals surface area (Å²) < 4.78 is 21.4. The van der Waals surface area contributed by atoms with Crippen LogP contribution in [0.4, 0.5) is 0 Å². The Morgan fingerprint density at radius 1 is 1.38 bits per heavy atom. The average molecular weight is 240 g/mol. The van der Waals surface area contributed by atoms with E-state index in [4.69, 9.17) is 9.47 Å². The third kappa shape index (κ3) is 2.14. The molecule has 0 radical (unpaired) electrons. The molecule has 5 heteroatoms. The van der Waals surface area contributed by atoms with E-state index in [1.165, 1.54) is 0 Å². The summed E-state index contributed by atoms with van der Waals surface area (Å²) >= 11 is 0. The highest BCUT2D eigenvalue weighted by Gasteiger charge is 2.37. The van der Waals surface area contributed by atoms with Crippen molar-refractivity contribution in [3.63, 3.8) is 0 Å². The second-order valence-electron chi connectivity index (χ2n) is 3.79. The Bertz CT molecular complexity index is 344. The van der Waals surface area contributed by atoms with E-state index in [1.54, 1.807) is 12.2 Å². The molecule has 86 valence electrons. The predicted octanol–water partition coefficient (Wildman–Crippen LogP) is 1.72. The lowest BCUT2D eigenvalue weighted by molar-refractivity contribution is -0.114. The Labute approximate surface area is 95.5 Å². The van der Waals surface area contributed by atoms with Gasteiger partial charge in [-0.2, -0.15) is 0 Å². The second kappa shape index (κ2) is 5.00. The van der Waals surface area contributed by atoms with Crippen LogP contribution in [-0.4, -0.2) is 30.9 Å². The van der Waals surface area contributed by atoms with Crippen molar-refractivity contribution in [2.75, 3.05) is 13.2 Å². The summed E-state index contributed by atoms with van der Waals surface area (Å²) in [5.74, 6) is -0.142. The van der Waals surface area contributed by atoms with Crippen LogP contribution in [0.15, 0.2) is 24.3 Å². The van der Waals surface area contributed by atoms with Crippen LogP contribution < -0.4 is 0 Å². The number of ether oxygens (including phenoxy) is 2. The molecule has 2 fully saturated rings. The first-order valence-electron chi connectivity index (χ1n) is 5.19. The van der Waals surface area contributed by atoms with E-state index in [1.807, 2.05) is 0 Å². The van der Waals surface area contributed by atoms with Crippen LogP contribution in [0.3, 0.4) is 0 Å². The number of allylic oxidation sites excluding steroid dienone is 2. The third-order valence-electron chi connectivity index (χ3n) is 2.84. The zero-order chi connectivity index (χ0) is 11.5. The first kappa shape index (κ1) is 11.6. The summed E-state index contributed by atoms with van der Waals surface area (Å²) in [7, 11) is -0.00728. The van der Waals surface area contributed by atoms with Gasteiger partial charge in [0, 0.05) is 17.9 Å². The molecular weight excluding hydrogens is 227 g/mol. The molecule has 0 aromatic rings. The Balaban J connectivity index is 2.20. The third-order valence-corrected chi connectivity index (χ3v) is 3.62. The molecule has 2 atom stereocenters. The SMILES string of the molecule is C=C[C@@H]1/C(=C\C2OCCO2)C(=O)C[C@H]1P=O. The lowest BCUT2D eigenvalue weighted by Crippen LogP contribution is -2.10. The van der Waals surface area contributed by atoms with Crippen LogP contribution in [0.25, 0.3) is 0 Å². The summed E-state index contributed by atoms with van der Waals surface area (Å²) in [4.78, 5) is 11.7. The number of hydrogen-bond acceptors (Lipinski definition) is 4. The standard InChI is InChI=1S/C11H13O4P/c1-2-7-8(5-11-14-3-4-15-11)9(12)6-10(7)16-13/h2,5,7,10-11H,1,3-4,6H2/b8-5+/t7-,10-/m1/s1. The fourth-order valence-corrected chi connectivity index (χ4v) is 2.69. The molecule has 0 unspecified atom stereocenters. The minimum atomic E-state index is -0.441. The van der Waals surface area contributed by atoms with Gasteiger partial charge in [-0.05, 0) is 6.08 Å². The van der Waals surface area contributed by atoms with E-state index in [2.05, 4.69) is 6.58 Å². The number of Topliss-reactive ketones (excluding diaryl/α,β-unsaturated/α-hetero) is 1. The number of hydrogen-bond donors (Lipinski definition) is 0. The number of carbonyl (C=O) groups excluding carboxylic acids is 1. The molecule has 1 aliphatic carbocycles. The summed E-state index contributed by atoms with van der Waals surface area (Å²) in [6.45, 7) is 4.77. The number of carbonyl (C=O) groups is 1. The topological polar surface area (TPSA) is 52.6 Å². The van der Waals surface area contributed by atoms with Crippen molar-refractivity contribution in [3.8, 4) is 0 Å². The second-order valence-corrected chi connectivity index (χ2v) is 4.67. The first-order chi connectivity index (χ1) is 7.76. The highest BCUT2D eigenvalue weighted by Crippen LogP contribution is 2.37. The summed E-state index contributed by atoms with van der Waals surface area (Å²) in [5, 5.41) is 0. The monoisotopic (exact) mass is 240 g/mol. The van der Waals surface area contributed by atoms with Gasteiger partial charge < -0.3 is 9.47 Å². The van der Waals surface area contributed by atoms with Gasteiger partial charge in [-0.1, -0.05) is 6.08 Å². The average Bonchev–Trinajstić information content (AvgIpc) is 2.88. The van der Waals surface area contributed by atoms with Crippen molar-refractivity contribution in [1.82, 2.24) is 0 Å². The minimum absolute atomic E-state index is 0.00728. The zero-order valence-corrected chi connectivity index (χ0v) is 9.69. The lowest BCUT2D eigenvalue weighted by atomic mass is 10.0. The van der Waals surface area contributed by atoms with E-state index >= 15 is 0 Å². The smallest absolute Gasteiger partial charge is 0.177 e. The molecule has 1 aliphatic heterocycles. The fraction of sp³-hybridized carbons (Fsp3) is 0.545.